The second kappa shape index (κ2) is 8.13. The number of carbonyl (C=O) groups is 1. The van der Waals surface area contributed by atoms with Gasteiger partial charge in [-0.1, -0.05) is 29.8 Å². The van der Waals surface area contributed by atoms with Crippen molar-refractivity contribution in [2.75, 3.05) is 19.5 Å². The monoisotopic (exact) mass is 351 g/mol. The Balaban J connectivity index is 2.13. The lowest BCUT2D eigenvalue weighted by atomic mass is 10.2. The number of halogens is 1. The van der Waals surface area contributed by atoms with Gasteiger partial charge in [0, 0.05) is 17.0 Å². The van der Waals surface area contributed by atoms with Crippen LogP contribution in [0.5, 0.6) is 11.5 Å². The molecule has 1 unspecified atom stereocenters. The SMILES string of the molecule is COc1cc(NC(=O)C(C)Sc2ccccc2)c(OC)cc1Cl. The van der Waals surface area contributed by atoms with Gasteiger partial charge in [0.05, 0.1) is 30.2 Å². The molecular formula is C17H18ClNO3S. The number of anilines is 1. The van der Waals surface area contributed by atoms with E-state index in [-0.39, 0.29) is 11.2 Å². The standard InChI is InChI=1S/C17H18ClNO3S/c1-11(23-12-7-5-4-6-8-12)17(20)19-14-10-15(21-2)13(18)9-16(14)22-3/h4-11H,1-3H3,(H,19,20). The summed E-state index contributed by atoms with van der Waals surface area (Å²) in [5, 5.41) is 3.02. The number of ether oxygens (including phenoxy) is 2. The number of thioether (sulfide) groups is 1. The van der Waals surface area contributed by atoms with Gasteiger partial charge in [0.1, 0.15) is 11.5 Å². The molecule has 1 N–H and O–H groups in total. The van der Waals surface area contributed by atoms with Crippen molar-refractivity contribution in [1.29, 1.82) is 0 Å². The molecule has 0 aliphatic carbocycles. The third-order valence-corrected chi connectivity index (χ3v) is 4.56. The highest BCUT2D eigenvalue weighted by Crippen LogP contribution is 2.36. The van der Waals surface area contributed by atoms with E-state index in [0.717, 1.165) is 4.90 Å². The molecule has 0 radical (unpaired) electrons. The quantitative estimate of drug-likeness (QED) is 0.780. The first-order valence-corrected chi connectivity index (χ1v) is 8.25. The second-order valence-electron chi connectivity index (χ2n) is 4.75. The summed E-state index contributed by atoms with van der Waals surface area (Å²) in [5.74, 6) is 0.841. The van der Waals surface area contributed by atoms with Crippen molar-refractivity contribution in [3.8, 4) is 11.5 Å². The van der Waals surface area contributed by atoms with Gasteiger partial charge in [0.15, 0.2) is 0 Å². The van der Waals surface area contributed by atoms with Crippen LogP contribution in [0, 0.1) is 0 Å². The zero-order valence-corrected chi connectivity index (χ0v) is 14.7. The fraction of sp³-hybridized carbons (Fsp3) is 0.235. The van der Waals surface area contributed by atoms with E-state index in [0.29, 0.717) is 22.2 Å². The third-order valence-electron chi connectivity index (χ3n) is 3.16. The van der Waals surface area contributed by atoms with Crippen LogP contribution in [0.1, 0.15) is 6.92 Å². The minimum atomic E-state index is -0.260. The number of nitrogens with one attached hydrogen (secondary N) is 1. The highest BCUT2D eigenvalue weighted by atomic mass is 35.5. The fourth-order valence-electron chi connectivity index (χ4n) is 1.95. The first kappa shape index (κ1) is 17.5. The molecule has 1 atom stereocenters. The number of hydrogen-bond donors (Lipinski definition) is 1. The van der Waals surface area contributed by atoms with Crippen LogP contribution in [-0.4, -0.2) is 25.4 Å². The van der Waals surface area contributed by atoms with Crippen LogP contribution in [0.4, 0.5) is 5.69 Å². The summed E-state index contributed by atoms with van der Waals surface area (Å²) in [6.45, 7) is 1.85. The molecule has 2 aromatic rings. The normalized spacial score (nSPS) is 11.7. The van der Waals surface area contributed by atoms with E-state index in [4.69, 9.17) is 21.1 Å². The minimum Gasteiger partial charge on any atom is -0.495 e. The van der Waals surface area contributed by atoms with E-state index in [1.54, 1.807) is 12.1 Å². The van der Waals surface area contributed by atoms with Gasteiger partial charge in [-0.15, -0.1) is 11.8 Å². The van der Waals surface area contributed by atoms with Crippen LogP contribution in [-0.2, 0) is 4.79 Å². The van der Waals surface area contributed by atoms with Crippen LogP contribution >= 0.6 is 23.4 Å². The Hall–Kier alpha value is -1.85. The predicted octanol–water partition coefficient (Wildman–Crippen LogP) is 4.48. The maximum atomic E-state index is 12.4. The lowest BCUT2D eigenvalue weighted by molar-refractivity contribution is -0.115. The fourth-order valence-corrected chi connectivity index (χ4v) is 3.07. The van der Waals surface area contributed by atoms with Gasteiger partial charge in [-0.3, -0.25) is 4.79 Å². The Morgan fingerprint density at radius 3 is 2.39 bits per heavy atom. The Bertz CT molecular complexity index is 679. The summed E-state index contributed by atoms with van der Waals surface area (Å²) >= 11 is 7.55. The van der Waals surface area contributed by atoms with Gasteiger partial charge >= 0.3 is 0 Å². The van der Waals surface area contributed by atoms with Crippen LogP contribution in [0.3, 0.4) is 0 Å². The van der Waals surface area contributed by atoms with Crippen LogP contribution in [0.15, 0.2) is 47.4 Å². The molecular weight excluding hydrogens is 334 g/mol. The number of hydrogen-bond acceptors (Lipinski definition) is 4. The van der Waals surface area contributed by atoms with E-state index >= 15 is 0 Å². The molecule has 4 nitrogen and oxygen atoms in total. The maximum Gasteiger partial charge on any atom is 0.237 e. The van der Waals surface area contributed by atoms with E-state index in [9.17, 15) is 4.79 Å². The van der Waals surface area contributed by atoms with E-state index < -0.39 is 0 Å². The molecule has 1 amide bonds. The molecule has 2 rings (SSSR count). The minimum absolute atomic E-state index is 0.124. The van der Waals surface area contributed by atoms with Gasteiger partial charge in [-0.25, -0.2) is 0 Å². The van der Waals surface area contributed by atoms with Gasteiger partial charge in [-0.05, 0) is 19.1 Å². The first-order valence-electron chi connectivity index (χ1n) is 6.99. The average Bonchev–Trinajstić information content (AvgIpc) is 2.56. The Kier molecular flexibility index (Phi) is 6.19. The number of carbonyl (C=O) groups excluding carboxylic acids is 1. The molecule has 23 heavy (non-hydrogen) atoms. The highest BCUT2D eigenvalue weighted by molar-refractivity contribution is 8.00. The maximum absolute atomic E-state index is 12.4. The molecule has 0 saturated carbocycles. The smallest absolute Gasteiger partial charge is 0.237 e. The van der Waals surface area contributed by atoms with E-state index in [1.807, 2.05) is 37.3 Å². The lowest BCUT2D eigenvalue weighted by Crippen LogP contribution is -2.22. The number of methoxy groups -OCH3 is 2. The largest absolute Gasteiger partial charge is 0.495 e. The van der Waals surface area contributed by atoms with Crippen molar-refractivity contribution in [2.24, 2.45) is 0 Å². The third kappa shape index (κ3) is 4.56. The summed E-state index contributed by atoms with van der Waals surface area (Å²) in [6, 6.07) is 13.0. The van der Waals surface area contributed by atoms with E-state index in [2.05, 4.69) is 5.32 Å². The zero-order valence-electron chi connectivity index (χ0n) is 13.1. The second-order valence-corrected chi connectivity index (χ2v) is 6.57. The van der Waals surface area contributed by atoms with Gasteiger partial charge in [0.25, 0.3) is 0 Å². The molecule has 0 aromatic heterocycles. The summed E-state index contributed by atoms with van der Waals surface area (Å²) < 4.78 is 10.4. The summed E-state index contributed by atoms with van der Waals surface area (Å²) in [6.07, 6.45) is 0. The Labute approximate surface area is 145 Å². The predicted molar refractivity (Wildman–Crippen MR) is 94.9 cm³/mol. The summed E-state index contributed by atoms with van der Waals surface area (Å²) in [5.41, 5.74) is 0.527. The van der Waals surface area contributed by atoms with Crippen molar-refractivity contribution in [1.82, 2.24) is 0 Å². The highest BCUT2D eigenvalue weighted by Gasteiger charge is 2.18. The van der Waals surface area contributed by atoms with Crippen LogP contribution in [0.2, 0.25) is 5.02 Å². The number of benzene rings is 2. The molecule has 0 aliphatic rings. The van der Waals surface area contributed by atoms with Crippen LogP contribution < -0.4 is 14.8 Å². The Morgan fingerprint density at radius 2 is 1.78 bits per heavy atom. The molecule has 2 aromatic carbocycles. The number of rotatable bonds is 6. The molecule has 122 valence electrons. The van der Waals surface area contributed by atoms with Crippen molar-refractivity contribution < 1.29 is 14.3 Å². The van der Waals surface area contributed by atoms with Crippen molar-refractivity contribution >= 4 is 35.0 Å². The van der Waals surface area contributed by atoms with Crippen LogP contribution in [0.25, 0.3) is 0 Å². The Morgan fingerprint density at radius 1 is 1.13 bits per heavy atom. The topological polar surface area (TPSA) is 47.6 Å². The molecule has 0 aliphatic heterocycles. The van der Waals surface area contributed by atoms with Crippen molar-refractivity contribution in [3.05, 3.63) is 47.5 Å². The molecule has 0 fully saturated rings. The summed E-state index contributed by atoms with van der Waals surface area (Å²) in [7, 11) is 3.04. The first-order chi connectivity index (χ1) is 11.0. The summed E-state index contributed by atoms with van der Waals surface area (Å²) in [4.78, 5) is 13.4. The zero-order chi connectivity index (χ0) is 16.8. The molecule has 0 heterocycles. The lowest BCUT2D eigenvalue weighted by Gasteiger charge is -2.16. The van der Waals surface area contributed by atoms with Crippen molar-refractivity contribution in [3.63, 3.8) is 0 Å². The van der Waals surface area contributed by atoms with Crippen molar-refractivity contribution in [2.45, 2.75) is 17.1 Å². The van der Waals surface area contributed by atoms with Gasteiger partial charge in [0.2, 0.25) is 5.91 Å². The average molecular weight is 352 g/mol. The molecule has 0 bridgehead atoms. The van der Waals surface area contributed by atoms with E-state index in [1.165, 1.54) is 26.0 Å². The van der Waals surface area contributed by atoms with Gasteiger partial charge in [-0.2, -0.15) is 0 Å². The molecule has 0 saturated heterocycles. The molecule has 6 heteroatoms. The molecule has 0 spiro atoms. The van der Waals surface area contributed by atoms with Gasteiger partial charge < -0.3 is 14.8 Å². The number of amides is 1.